The summed E-state index contributed by atoms with van der Waals surface area (Å²) in [6.45, 7) is 1.16. The number of rotatable bonds is 3. The maximum Gasteiger partial charge on any atom is 0.137 e. The fourth-order valence-corrected chi connectivity index (χ4v) is 3.14. The number of aromatic nitrogens is 2. The molecule has 0 saturated carbocycles. The summed E-state index contributed by atoms with van der Waals surface area (Å²) in [5, 5.41) is 0. The van der Waals surface area contributed by atoms with E-state index in [0.717, 1.165) is 11.1 Å². The minimum absolute atomic E-state index is 0.243. The molecule has 4 heteroatoms. The molecular formula is C18H15FN2O. The molecule has 3 nitrogen and oxygen atoms in total. The van der Waals surface area contributed by atoms with Gasteiger partial charge >= 0.3 is 0 Å². The third-order valence-electron chi connectivity index (χ3n) is 4.20. The van der Waals surface area contributed by atoms with Crippen LogP contribution in [0, 0.1) is 5.82 Å². The van der Waals surface area contributed by atoms with Crippen LogP contribution in [0.1, 0.15) is 16.7 Å². The summed E-state index contributed by atoms with van der Waals surface area (Å²) >= 11 is 0. The fourth-order valence-electron chi connectivity index (χ4n) is 3.14. The molecule has 0 amide bonds. The highest BCUT2D eigenvalue weighted by Crippen LogP contribution is 2.43. The summed E-state index contributed by atoms with van der Waals surface area (Å²) in [7, 11) is 0. The Morgan fingerprint density at radius 1 is 1.14 bits per heavy atom. The largest absolute Gasteiger partial charge is 0.359 e. The van der Waals surface area contributed by atoms with Gasteiger partial charge in [0.05, 0.1) is 19.5 Å². The molecule has 0 spiro atoms. The molecule has 1 aliphatic rings. The molecule has 110 valence electrons. The lowest BCUT2D eigenvalue weighted by Gasteiger charge is -2.30. The maximum atomic E-state index is 13.3. The van der Waals surface area contributed by atoms with Gasteiger partial charge in [-0.2, -0.15) is 0 Å². The topological polar surface area (TPSA) is 27.1 Å². The molecule has 2 heterocycles. The zero-order valence-corrected chi connectivity index (χ0v) is 11.9. The van der Waals surface area contributed by atoms with Crippen molar-refractivity contribution in [2.75, 3.05) is 0 Å². The Morgan fingerprint density at radius 2 is 1.95 bits per heavy atom. The van der Waals surface area contributed by atoms with Gasteiger partial charge < -0.3 is 9.30 Å². The number of fused-ring (bicyclic) bond motifs is 1. The van der Waals surface area contributed by atoms with Crippen molar-refractivity contribution in [3.05, 3.63) is 89.8 Å². The SMILES string of the molecule is Fc1ccc(C2(Cn3ccnc3)OCc3ccccc32)cc1. The van der Waals surface area contributed by atoms with Gasteiger partial charge in [0.15, 0.2) is 0 Å². The van der Waals surface area contributed by atoms with Gasteiger partial charge in [-0.25, -0.2) is 9.37 Å². The Labute approximate surface area is 128 Å². The third kappa shape index (κ3) is 2.04. The second-order valence-corrected chi connectivity index (χ2v) is 5.51. The maximum absolute atomic E-state index is 13.3. The number of hydrogen-bond donors (Lipinski definition) is 0. The van der Waals surface area contributed by atoms with E-state index in [1.54, 1.807) is 24.7 Å². The lowest BCUT2D eigenvalue weighted by Crippen LogP contribution is -2.32. The molecule has 0 aliphatic carbocycles. The van der Waals surface area contributed by atoms with Gasteiger partial charge in [-0.3, -0.25) is 0 Å². The predicted octanol–water partition coefficient (Wildman–Crippen LogP) is 3.50. The molecule has 3 aromatic rings. The Bertz CT molecular complexity index is 783. The molecule has 22 heavy (non-hydrogen) atoms. The van der Waals surface area contributed by atoms with Crippen molar-refractivity contribution in [3.63, 3.8) is 0 Å². The van der Waals surface area contributed by atoms with E-state index in [2.05, 4.69) is 17.1 Å². The van der Waals surface area contributed by atoms with Crippen molar-refractivity contribution in [2.45, 2.75) is 18.8 Å². The standard InChI is InChI=1S/C18H15FN2O/c19-16-7-5-15(6-8-16)18(12-21-10-9-20-13-21)17-4-2-1-3-14(17)11-22-18/h1-10,13H,11-12H2. The van der Waals surface area contributed by atoms with Gasteiger partial charge in [0.2, 0.25) is 0 Å². The molecule has 1 aliphatic heterocycles. The van der Waals surface area contributed by atoms with Crippen LogP contribution < -0.4 is 0 Å². The minimum atomic E-state index is -0.606. The Kier molecular flexibility index (Phi) is 3.05. The summed E-state index contributed by atoms with van der Waals surface area (Å²) in [6, 6.07) is 14.8. The van der Waals surface area contributed by atoms with E-state index < -0.39 is 5.60 Å². The molecule has 2 aromatic carbocycles. The molecule has 0 N–H and O–H groups in total. The molecule has 1 atom stereocenters. The van der Waals surface area contributed by atoms with Crippen molar-refractivity contribution in [1.29, 1.82) is 0 Å². The van der Waals surface area contributed by atoms with Crippen molar-refractivity contribution in [3.8, 4) is 0 Å². The third-order valence-corrected chi connectivity index (χ3v) is 4.20. The van der Waals surface area contributed by atoms with Crippen LogP contribution in [0.3, 0.4) is 0 Å². The first-order chi connectivity index (χ1) is 10.8. The van der Waals surface area contributed by atoms with Crippen LogP contribution in [0.2, 0.25) is 0 Å². The Morgan fingerprint density at radius 3 is 2.73 bits per heavy atom. The van der Waals surface area contributed by atoms with Crippen LogP contribution in [0.4, 0.5) is 4.39 Å². The number of imidazole rings is 1. The molecular weight excluding hydrogens is 279 g/mol. The second-order valence-electron chi connectivity index (χ2n) is 5.51. The summed E-state index contributed by atoms with van der Waals surface area (Å²) < 4.78 is 21.5. The highest BCUT2D eigenvalue weighted by Gasteiger charge is 2.42. The van der Waals surface area contributed by atoms with Crippen molar-refractivity contribution < 1.29 is 9.13 Å². The first-order valence-corrected chi connectivity index (χ1v) is 7.22. The molecule has 0 radical (unpaired) electrons. The van der Waals surface area contributed by atoms with Crippen LogP contribution >= 0.6 is 0 Å². The van der Waals surface area contributed by atoms with Gasteiger partial charge in [-0.05, 0) is 28.8 Å². The van der Waals surface area contributed by atoms with E-state index in [9.17, 15) is 4.39 Å². The monoisotopic (exact) mass is 294 g/mol. The molecule has 0 bridgehead atoms. The van der Waals surface area contributed by atoms with E-state index in [4.69, 9.17) is 4.74 Å². The molecule has 4 rings (SSSR count). The number of nitrogens with zero attached hydrogens (tertiary/aromatic N) is 2. The van der Waals surface area contributed by atoms with Gasteiger partial charge in [-0.1, -0.05) is 36.4 Å². The van der Waals surface area contributed by atoms with Gasteiger partial charge in [0.25, 0.3) is 0 Å². The number of ether oxygens (including phenoxy) is 1. The van der Waals surface area contributed by atoms with E-state index in [-0.39, 0.29) is 5.82 Å². The number of halogens is 1. The molecule has 1 aromatic heterocycles. The zero-order chi connectivity index (χ0) is 15.0. The first kappa shape index (κ1) is 13.2. The fraction of sp³-hybridized carbons (Fsp3) is 0.167. The number of hydrogen-bond acceptors (Lipinski definition) is 2. The van der Waals surface area contributed by atoms with Gasteiger partial charge in [-0.15, -0.1) is 0 Å². The summed E-state index contributed by atoms with van der Waals surface area (Å²) in [4.78, 5) is 4.11. The van der Waals surface area contributed by atoms with E-state index in [0.29, 0.717) is 13.2 Å². The molecule has 0 fully saturated rings. The van der Waals surface area contributed by atoms with E-state index in [1.807, 2.05) is 22.9 Å². The smallest absolute Gasteiger partial charge is 0.137 e. The highest BCUT2D eigenvalue weighted by atomic mass is 19.1. The molecule has 1 unspecified atom stereocenters. The summed E-state index contributed by atoms with van der Waals surface area (Å²) in [6.07, 6.45) is 5.43. The summed E-state index contributed by atoms with van der Waals surface area (Å²) in [5.41, 5.74) is 2.65. The quantitative estimate of drug-likeness (QED) is 0.739. The van der Waals surface area contributed by atoms with Gasteiger partial charge in [0, 0.05) is 12.4 Å². The Hall–Kier alpha value is -2.46. The normalized spacial score (nSPS) is 20.0. The second kappa shape index (κ2) is 5.07. The van der Waals surface area contributed by atoms with Crippen molar-refractivity contribution in [2.24, 2.45) is 0 Å². The highest BCUT2D eigenvalue weighted by molar-refractivity contribution is 5.44. The van der Waals surface area contributed by atoms with E-state index in [1.165, 1.54) is 17.7 Å². The van der Waals surface area contributed by atoms with Crippen LogP contribution in [-0.4, -0.2) is 9.55 Å². The van der Waals surface area contributed by atoms with E-state index >= 15 is 0 Å². The average Bonchev–Trinajstić information content (AvgIpc) is 3.18. The minimum Gasteiger partial charge on any atom is -0.359 e. The van der Waals surface area contributed by atoms with Crippen molar-refractivity contribution >= 4 is 0 Å². The van der Waals surface area contributed by atoms with Crippen LogP contribution in [-0.2, 0) is 23.5 Å². The lowest BCUT2D eigenvalue weighted by atomic mass is 9.85. The molecule has 0 saturated heterocycles. The van der Waals surface area contributed by atoms with Crippen LogP contribution in [0.25, 0.3) is 0 Å². The average molecular weight is 294 g/mol. The predicted molar refractivity (Wildman–Crippen MR) is 80.6 cm³/mol. The summed E-state index contributed by atoms with van der Waals surface area (Å²) in [5.74, 6) is -0.243. The Balaban J connectivity index is 1.87. The number of benzene rings is 2. The van der Waals surface area contributed by atoms with Crippen molar-refractivity contribution in [1.82, 2.24) is 9.55 Å². The first-order valence-electron chi connectivity index (χ1n) is 7.22. The van der Waals surface area contributed by atoms with Gasteiger partial charge in [0.1, 0.15) is 11.4 Å². The van der Waals surface area contributed by atoms with Crippen LogP contribution in [0.5, 0.6) is 0 Å². The van der Waals surface area contributed by atoms with Crippen LogP contribution in [0.15, 0.2) is 67.3 Å². The zero-order valence-electron chi connectivity index (χ0n) is 11.9. The lowest BCUT2D eigenvalue weighted by molar-refractivity contribution is -0.0181.